The second kappa shape index (κ2) is 7.97. The van der Waals surface area contributed by atoms with E-state index in [0.29, 0.717) is 0 Å². The van der Waals surface area contributed by atoms with Crippen LogP contribution in [0.5, 0.6) is 0 Å². The molecule has 13 heavy (non-hydrogen) atoms. The number of aliphatic carboxylic acids is 1. The van der Waals surface area contributed by atoms with Gasteiger partial charge in [-0.25, -0.2) is 0 Å². The van der Waals surface area contributed by atoms with Crippen LogP contribution < -0.4 is 5.73 Å². The number of carboxylic acid groups (broad SMARTS) is 1. The Morgan fingerprint density at radius 1 is 1.38 bits per heavy atom. The summed E-state index contributed by atoms with van der Waals surface area (Å²) < 4.78 is 0. The normalized spacial score (nSPS) is 14.4. The summed E-state index contributed by atoms with van der Waals surface area (Å²) in [5.74, 6) is -0.910. The Bertz CT molecular complexity index is 136. The van der Waals surface area contributed by atoms with Gasteiger partial charge in [0.25, 0.3) is 0 Å². The molecule has 0 aliphatic heterocycles. The van der Waals surface area contributed by atoms with Gasteiger partial charge in [-0.1, -0.05) is 13.8 Å². The van der Waals surface area contributed by atoms with Gasteiger partial charge in [0.05, 0.1) is 12.7 Å². The van der Waals surface area contributed by atoms with Crippen LogP contribution in [0.2, 0.25) is 0 Å². The molecule has 5 heteroatoms. The zero-order valence-corrected chi connectivity index (χ0v) is 8.27. The standard InChI is InChI=1S/C5H11NO2.C3H8O2/c1-3(2)4(6)5(7)8;1-3(5)2-4/h3-4H,6H2,1-2H3,(H,7,8);3-5H,2H2,1H3/t4-;/m0./s1. The van der Waals surface area contributed by atoms with Crippen LogP contribution in [-0.2, 0) is 4.79 Å². The molecule has 80 valence electrons. The molecule has 0 saturated carbocycles. The van der Waals surface area contributed by atoms with E-state index in [1.165, 1.54) is 6.92 Å². The topological polar surface area (TPSA) is 104 Å². The minimum Gasteiger partial charge on any atom is -0.480 e. The number of aliphatic hydroxyl groups excluding tert-OH is 2. The van der Waals surface area contributed by atoms with Crippen LogP contribution in [0.3, 0.4) is 0 Å². The molecule has 0 fully saturated rings. The Kier molecular flexibility index (Phi) is 9.11. The monoisotopic (exact) mass is 193 g/mol. The molecule has 0 aromatic rings. The van der Waals surface area contributed by atoms with Gasteiger partial charge in [0.1, 0.15) is 6.04 Å². The number of aliphatic hydroxyl groups is 2. The number of nitrogens with two attached hydrogens (primary N) is 1. The van der Waals surface area contributed by atoms with E-state index in [-0.39, 0.29) is 12.5 Å². The van der Waals surface area contributed by atoms with Crippen molar-refractivity contribution >= 4 is 5.97 Å². The molecule has 0 aliphatic rings. The van der Waals surface area contributed by atoms with Crippen LogP contribution in [0.4, 0.5) is 0 Å². The summed E-state index contributed by atoms with van der Waals surface area (Å²) in [5, 5.41) is 24.2. The first kappa shape index (κ1) is 14.9. The third kappa shape index (κ3) is 11.3. The molecule has 0 bridgehead atoms. The van der Waals surface area contributed by atoms with Crippen molar-refractivity contribution in [2.45, 2.75) is 32.9 Å². The molecule has 0 radical (unpaired) electrons. The fourth-order valence-corrected chi connectivity index (χ4v) is 0.285. The van der Waals surface area contributed by atoms with Crippen LogP contribution in [0.25, 0.3) is 0 Å². The van der Waals surface area contributed by atoms with E-state index < -0.39 is 18.1 Å². The number of carboxylic acids is 1. The second-order valence-electron chi connectivity index (χ2n) is 3.14. The van der Waals surface area contributed by atoms with Gasteiger partial charge in [0.15, 0.2) is 0 Å². The van der Waals surface area contributed by atoms with Crippen molar-refractivity contribution in [3.8, 4) is 0 Å². The zero-order valence-electron chi connectivity index (χ0n) is 8.27. The van der Waals surface area contributed by atoms with Gasteiger partial charge in [-0.2, -0.15) is 0 Å². The molecule has 0 amide bonds. The maximum atomic E-state index is 10.0. The van der Waals surface area contributed by atoms with E-state index in [9.17, 15) is 4.79 Å². The van der Waals surface area contributed by atoms with Gasteiger partial charge >= 0.3 is 5.97 Å². The molecular formula is C8H19NO4. The molecule has 5 N–H and O–H groups in total. The van der Waals surface area contributed by atoms with Crippen molar-refractivity contribution in [3.05, 3.63) is 0 Å². The molecule has 0 rings (SSSR count). The molecular weight excluding hydrogens is 174 g/mol. The van der Waals surface area contributed by atoms with E-state index in [0.717, 1.165) is 0 Å². The second-order valence-corrected chi connectivity index (χ2v) is 3.14. The molecule has 1 unspecified atom stereocenters. The van der Waals surface area contributed by atoms with Crippen molar-refractivity contribution in [2.24, 2.45) is 11.7 Å². The Morgan fingerprint density at radius 2 is 1.69 bits per heavy atom. The van der Waals surface area contributed by atoms with Crippen LogP contribution in [0.1, 0.15) is 20.8 Å². The van der Waals surface area contributed by atoms with Crippen molar-refractivity contribution in [3.63, 3.8) is 0 Å². The summed E-state index contributed by atoms with van der Waals surface area (Å²) in [6.45, 7) is 4.94. The van der Waals surface area contributed by atoms with Gasteiger partial charge in [-0.15, -0.1) is 0 Å². The lowest BCUT2D eigenvalue weighted by atomic mass is 10.1. The molecule has 2 atom stereocenters. The van der Waals surface area contributed by atoms with E-state index in [2.05, 4.69) is 0 Å². The first-order valence-electron chi connectivity index (χ1n) is 4.10. The van der Waals surface area contributed by atoms with E-state index in [1.54, 1.807) is 13.8 Å². The van der Waals surface area contributed by atoms with E-state index in [4.69, 9.17) is 21.1 Å². The number of hydrogen-bond acceptors (Lipinski definition) is 4. The summed E-state index contributed by atoms with van der Waals surface area (Å²) in [6, 6.07) is -0.713. The lowest BCUT2D eigenvalue weighted by Gasteiger charge is -2.07. The summed E-state index contributed by atoms with van der Waals surface area (Å²) in [5.41, 5.74) is 5.16. The van der Waals surface area contributed by atoms with Crippen molar-refractivity contribution in [1.82, 2.24) is 0 Å². The summed E-state index contributed by atoms with van der Waals surface area (Å²) in [7, 11) is 0. The Labute approximate surface area is 78.2 Å². The van der Waals surface area contributed by atoms with Gasteiger partial charge in [0, 0.05) is 0 Å². The van der Waals surface area contributed by atoms with Crippen molar-refractivity contribution < 1.29 is 20.1 Å². The molecule has 0 spiro atoms. The van der Waals surface area contributed by atoms with Crippen LogP contribution >= 0.6 is 0 Å². The smallest absolute Gasteiger partial charge is 0.320 e. The molecule has 0 heterocycles. The average molecular weight is 193 g/mol. The Hall–Kier alpha value is -0.650. The molecule has 5 nitrogen and oxygen atoms in total. The summed E-state index contributed by atoms with van der Waals surface area (Å²) >= 11 is 0. The van der Waals surface area contributed by atoms with Gasteiger partial charge in [-0.05, 0) is 12.8 Å². The third-order valence-corrected chi connectivity index (χ3v) is 1.27. The van der Waals surface area contributed by atoms with Gasteiger partial charge in [-0.3, -0.25) is 4.79 Å². The predicted molar refractivity (Wildman–Crippen MR) is 49.2 cm³/mol. The Morgan fingerprint density at radius 3 is 1.69 bits per heavy atom. The largest absolute Gasteiger partial charge is 0.480 e. The third-order valence-electron chi connectivity index (χ3n) is 1.27. The zero-order chi connectivity index (χ0) is 11.0. The SMILES string of the molecule is CC(C)[C@H](N)C(=O)O.CC(O)CO. The molecule has 0 aromatic carbocycles. The first-order chi connectivity index (χ1) is 5.82. The predicted octanol–water partition coefficient (Wildman–Crippen LogP) is -0.586. The highest BCUT2D eigenvalue weighted by atomic mass is 16.4. The molecule has 0 aromatic heterocycles. The fraction of sp³-hybridized carbons (Fsp3) is 0.875. The quantitative estimate of drug-likeness (QED) is 0.480. The number of hydrogen-bond donors (Lipinski definition) is 4. The maximum absolute atomic E-state index is 10.0. The lowest BCUT2D eigenvalue weighted by molar-refractivity contribution is -0.139. The highest BCUT2D eigenvalue weighted by molar-refractivity contribution is 5.73. The number of carbonyl (C=O) groups is 1. The van der Waals surface area contributed by atoms with Crippen molar-refractivity contribution in [1.29, 1.82) is 0 Å². The summed E-state index contributed by atoms with van der Waals surface area (Å²) in [4.78, 5) is 10.0. The van der Waals surface area contributed by atoms with E-state index >= 15 is 0 Å². The van der Waals surface area contributed by atoms with Crippen LogP contribution in [0, 0.1) is 5.92 Å². The maximum Gasteiger partial charge on any atom is 0.320 e. The number of rotatable bonds is 3. The van der Waals surface area contributed by atoms with Crippen molar-refractivity contribution in [2.75, 3.05) is 6.61 Å². The first-order valence-corrected chi connectivity index (χ1v) is 4.10. The lowest BCUT2D eigenvalue weighted by Crippen LogP contribution is -2.34. The molecule has 0 saturated heterocycles. The van der Waals surface area contributed by atoms with Crippen LogP contribution in [0.15, 0.2) is 0 Å². The highest BCUT2D eigenvalue weighted by Crippen LogP contribution is 1.96. The van der Waals surface area contributed by atoms with Crippen LogP contribution in [-0.4, -0.2) is 40.0 Å². The fourth-order valence-electron chi connectivity index (χ4n) is 0.285. The average Bonchev–Trinajstić information content (AvgIpc) is 2.03. The highest BCUT2D eigenvalue weighted by Gasteiger charge is 2.14. The van der Waals surface area contributed by atoms with Gasteiger partial charge in [0.2, 0.25) is 0 Å². The Balaban J connectivity index is 0. The summed E-state index contributed by atoms with van der Waals surface area (Å²) in [6.07, 6.45) is -0.560. The van der Waals surface area contributed by atoms with Gasteiger partial charge < -0.3 is 21.1 Å². The minimum atomic E-state index is -0.931. The van der Waals surface area contributed by atoms with E-state index in [1.807, 2.05) is 0 Å². The molecule has 0 aliphatic carbocycles. The minimum absolute atomic E-state index is 0.0208.